The molecule has 1 aliphatic carbocycles. The Bertz CT molecular complexity index is 450. The van der Waals surface area contributed by atoms with Gasteiger partial charge in [-0.3, -0.25) is 0 Å². The van der Waals surface area contributed by atoms with E-state index in [4.69, 9.17) is 0 Å². The van der Waals surface area contributed by atoms with Crippen molar-refractivity contribution in [1.82, 2.24) is 5.32 Å². The fourth-order valence-electron chi connectivity index (χ4n) is 3.60. The first-order chi connectivity index (χ1) is 9.04. The highest BCUT2D eigenvalue weighted by Crippen LogP contribution is 2.51. The van der Waals surface area contributed by atoms with Crippen molar-refractivity contribution in [3.8, 4) is 0 Å². The molecular weight excluding hydrogens is 366 g/mol. The molecule has 0 spiro atoms. The van der Waals surface area contributed by atoms with Crippen LogP contribution in [0.4, 0.5) is 0 Å². The second kappa shape index (κ2) is 6.28. The molecule has 1 fully saturated rings. The van der Waals surface area contributed by atoms with Crippen molar-refractivity contribution in [3.05, 3.63) is 32.2 Å². The van der Waals surface area contributed by atoms with Crippen LogP contribution in [0.1, 0.15) is 56.2 Å². The summed E-state index contributed by atoms with van der Waals surface area (Å²) in [6.07, 6.45) is 6.67. The number of aryl methyl sites for hydroxylation is 1. The maximum atomic E-state index is 3.76. The summed E-state index contributed by atoms with van der Waals surface area (Å²) < 4.78 is 2.43. The number of rotatable bonds is 4. The molecule has 0 amide bonds. The zero-order valence-corrected chi connectivity index (χ0v) is 15.2. The zero-order valence-electron chi connectivity index (χ0n) is 12.0. The lowest BCUT2D eigenvalue weighted by atomic mass is 9.73. The number of halogens is 2. The lowest BCUT2D eigenvalue weighted by molar-refractivity contribution is 0.194. The molecule has 1 aromatic rings. The van der Waals surface area contributed by atoms with Gasteiger partial charge in [-0.05, 0) is 61.9 Å². The van der Waals surface area contributed by atoms with Crippen LogP contribution in [0.15, 0.2) is 21.1 Å². The van der Waals surface area contributed by atoms with Crippen LogP contribution in [0.5, 0.6) is 0 Å². The van der Waals surface area contributed by atoms with E-state index in [9.17, 15) is 0 Å². The third-order valence-corrected chi connectivity index (χ3v) is 6.33. The van der Waals surface area contributed by atoms with E-state index in [0.29, 0.717) is 11.5 Å². The van der Waals surface area contributed by atoms with E-state index < -0.39 is 0 Å². The largest absolute Gasteiger partial charge is 0.312 e. The Balaban J connectivity index is 2.44. The van der Waals surface area contributed by atoms with Gasteiger partial charge in [0.1, 0.15) is 0 Å². The first-order valence-corrected chi connectivity index (χ1v) is 8.75. The van der Waals surface area contributed by atoms with Gasteiger partial charge in [-0.25, -0.2) is 0 Å². The standard InChI is InChI=1S/C16H23Br2N/c1-4-16(7-5-6-8-16)15(19-3)12-10-13(17)11(2)9-14(12)18/h9-10,15,19H,4-8H2,1-3H3. The van der Waals surface area contributed by atoms with E-state index in [-0.39, 0.29) is 0 Å². The Morgan fingerprint density at radius 2 is 1.84 bits per heavy atom. The summed E-state index contributed by atoms with van der Waals surface area (Å²) >= 11 is 7.44. The van der Waals surface area contributed by atoms with Crippen molar-refractivity contribution in [2.45, 2.75) is 52.0 Å². The summed E-state index contributed by atoms with van der Waals surface area (Å²) in [6, 6.07) is 4.95. The van der Waals surface area contributed by atoms with E-state index in [2.05, 4.69) is 70.2 Å². The van der Waals surface area contributed by atoms with Gasteiger partial charge in [0.25, 0.3) is 0 Å². The molecular formula is C16H23Br2N. The second-order valence-electron chi connectivity index (χ2n) is 5.77. The van der Waals surface area contributed by atoms with Crippen LogP contribution in [0.3, 0.4) is 0 Å². The van der Waals surface area contributed by atoms with Gasteiger partial charge >= 0.3 is 0 Å². The van der Waals surface area contributed by atoms with Crippen LogP contribution >= 0.6 is 31.9 Å². The van der Waals surface area contributed by atoms with Crippen LogP contribution in [0.25, 0.3) is 0 Å². The van der Waals surface area contributed by atoms with Gasteiger partial charge in [-0.2, -0.15) is 0 Å². The van der Waals surface area contributed by atoms with Crippen molar-refractivity contribution >= 4 is 31.9 Å². The minimum atomic E-state index is 0.423. The van der Waals surface area contributed by atoms with E-state index in [0.717, 1.165) is 0 Å². The molecule has 1 unspecified atom stereocenters. The number of hydrogen-bond acceptors (Lipinski definition) is 1. The lowest BCUT2D eigenvalue weighted by Crippen LogP contribution is -2.34. The van der Waals surface area contributed by atoms with E-state index in [1.165, 1.54) is 52.2 Å². The molecule has 1 aliphatic rings. The van der Waals surface area contributed by atoms with Crippen molar-refractivity contribution < 1.29 is 0 Å². The smallest absolute Gasteiger partial charge is 0.0386 e. The minimum absolute atomic E-state index is 0.423. The van der Waals surface area contributed by atoms with Crippen LogP contribution in [0.2, 0.25) is 0 Å². The average Bonchev–Trinajstić information content (AvgIpc) is 2.86. The van der Waals surface area contributed by atoms with Gasteiger partial charge in [-0.1, -0.05) is 51.6 Å². The summed E-state index contributed by atoms with van der Waals surface area (Å²) in [5.74, 6) is 0. The Morgan fingerprint density at radius 3 is 2.37 bits per heavy atom. The molecule has 1 aromatic carbocycles. The molecule has 3 heteroatoms. The van der Waals surface area contributed by atoms with Gasteiger partial charge in [0.15, 0.2) is 0 Å². The van der Waals surface area contributed by atoms with Crippen molar-refractivity contribution in [2.24, 2.45) is 5.41 Å². The van der Waals surface area contributed by atoms with Crippen LogP contribution in [-0.2, 0) is 0 Å². The van der Waals surface area contributed by atoms with Gasteiger partial charge in [0.05, 0.1) is 0 Å². The average molecular weight is 389 g/mol. The molecule has 1 nitrogen and oxygen atoms in total. The highest BCUT2D eigenvalue weighted by molar-refractivity contribution is 9.11. The number of hydrogen-bond donors (Lipinski definition) is 1. The topological polar surface area (TPSA) is 12.0 Å². The minimum Gasteiger partial charge on any atom is -0.312 e. The first kappa shape index (κ1) is 15.5. The van der Waals surface area contributed by atoms with Crippen molar-refractivity contribution in [1.29, 1.82) is 0 Å². The lowest BCUT2D eigenvalue weighted by Gasteiger charge is -2.38. The molecule has 1 atom stereocenters. The molecule has 1 saturated carbocycles. The van der Waals surface area contributed by atoms with Crippen molar-refractivity contribution in [2.75, 3.05) is 7.05 Å². The van der Waals surface area contributed by atoms with Crippen molar-refractivity contribution in [3.63, 3.8) is 0 Å². The van der Waals surface area contributed by atoms with Gasteiger partial charge < -0.3 is 5.32 Å². The zero-order chi connectivity index (χ0) is 14.0. The van der Waals surface area contributed by atoms with Gasteiger partial charge in [-0.15, -0.1) is 0 Å². The molecule has 2 rings (SSSR count). The molecule has 0 saturated heterocycles. The maximum absolute atomic E-state index is 3.76. The van der Waals surface area contributed by atoms with Gasteiger partial charge in [0, 0.05) is 15.0 Å². The summed E-state index contributed by atoms with van der Waals surface area (Å²) in [6.45, 7) is 4.48. The molecule has 19 heavy (non-hydrogen) atoms. The SMILES string of the molecule is CCC1(C(NC)c2cc(Br)c(C)cc2Br)CCCC1. The predicted octanol–water partition coefficient (Wildman–Crippen LogP) is 5.75. The third-order valence-electron chi connectivity index (χ3n) is 4.79. The molecule has 0 aromatic heterocycles. The molecule has 0 bridgehead atoms. The third kappa shape index (κ3) is 2.93. The van der Waals surface area contributed by atoms with E-state index >= 15 is 0 Å². The summed E-state index contributed by atoms with van der Waals surface area (Å²) in [5, 5.41) is 3.59. The highest BCUT2D eigenvalue weighted by atomic mass is 79.9. The fraction of sp³-hybridized carbons (Fsp3) is 0.625. The number of benzene rings is 1. The fourth-order valence-corrected chi connectivity index (χ4v) is 4.65. The quantitative estimate of drug-likeness (QED) is 0.692. The van der Waals surface area contributed by atoms with Crippen LogP contribution < -0.4 is 5.32 Å². The Kier molecular flexibility index (Phi) is 5.13. The number of nitrogens with one attached hydrogen (secondary N) is 1. The summed E-state index contributed by atoms with van der Waals surface area (Å²) in [4.78, 5) is 0. The molecule has 106 valence electrons. The molecule has 0 heterocycles. The molecule has 1 N–H and O–H groups in total. The van der Waals surface area contributed by atoms with E-state index in [1.807, 2.05) is 0 Å². The Labute approximate surface area is 133 Å². The second-order valence-corrected chi connectivity index (χ2v) is 7.48. The Morgan fingerprint density at radius 1 is 1.21 bits per heavy atom. The maximum Gasteiger partial charge on any atom is 0.0386 e. The van der Waals surface area contributed by atoms with Crippen LogP contribution in [-0.4, -0.2) is 7.05 Å². The van der Waals surface area contributed by atoms with Gasteiger partial charge in [0.2, 0.25) is 0 Å². The van der Waals surface area contributed by atoms with E-state index in [1.54, 1.807) is 0 Å². The predicted molar refractivity (Wildman–Crippen MR) is 89.6 cm³/mol. The molecule has 0 aliphatic heterocycles. The first-order valence-electron chi connectivity index (χ1n) is 7.17. The monoisotopic (exact) mass is 387 g/mol. The summed E-state index contributed by atoms with van der Waals surface area (Å²) in [7, 11) is 2.10. The van der Waals surface area contributed by atoms with Crippen LogP contribution in [0, 0.1) is 12.3 Å². The Hall–Kier alpha value is 0.140. The normalized spacial score (nSPS) is 19.6. The molecule has 0 radical (unpaired) electrons. The summed E-state index contributed by atoms with van der Waals surface area (Å²) in [5.41, 5.74) is 3.09. The highest BCUT2D eigenvalue weighted by Gasteiger charge is 2.40.